The van der Waals surface area contributed by atoms with Crippen LogP contribution in [0.4, 0.5) is 5.69 Å². The van der Waals surface area contributed by atoms with E-state index in [2.05, 4.69) is 64.4 Å². The van der Waals surface area contributed by atoms with Crippen LogP contribution in [0.25, 0.3) is 0 Å². The second-order valence-electron chi connectivity index (χ2n) is 4.08. The molecule has 105 valence electrons. The van der Waals surface area contributed by atoms with Crippen molar-refractivity contribution < 1.29 is 10.9 Å². The maximum atomic E-state index is 4.48. The predicted molar refractivity (Wildman–Crippen MR) is 85.4 cm³/mol. The molecule has 1 aromatic carbocycles. The second kappa shape index (κ2) is 9.52. The van der Waals surface area contributed by atoms with Crippen molar-refractivity contribution in [2.24, 2.45) is 4.99 Å². The molecule has 0 aliphatic heterocycles. The quantitative estimate of drug-likeness (QED) is 0.486. The van der Waals surface area contributed by atoms with E-state index in [4.69, 9.17) is 0 Å². The van der Waals surface area contributed by atoms with Crippen molar-refractivity contribution in [2.45, 2.75) is 19.8 Å². The molecule has 2 rings (SSSR count). The minimum absolute atomic E-state index is 0.487. The van der Waals surface area contributed by atoms with E-state index in [1.807, 2.05) is 24.3 Å². The van der Waals surface area contributed by atoms with E-state index in [1.54, 1.807) is 12.4 Å². The van der Waals surface area contributed by atoms with Gasteiger partial charge in [-0.05, 0) is 17.5 Å². The van der Waals surface area contributed by atoms with Crippen LogP contribution in [-0.4, -0.2) is 6.21 Å². The zero-order valence-corrected chi connectivity index (χ0v) is 14.8. The van der Waals surface area contributed by atoms with Gasteiger partial charge in [0.25, 0.3) is 0 Å². The molecule has 2 aromatic rings. The maximum absolute atomic E-state index is 4.48. The Balaban J connectivity index is 0.000000550. The van der Waals surface area contributed by atoms with E-state index in [0.29, 0.717) is 5.92 Å². The molecule has 2 nitrogen and oxygen atoms in total. The van der Waals surface area contributed by atoms with Crippen molar-refractivity contribution in [3.63, 3.8) is 0 Å². The second-order valence-corrected chi connectivity index (χ2v) is 9.06. The summed E-state index contributed by atoms with van der Waals surface area (Å²) in [5, 5.41) is 0. The van der Waals surface area contributed by atoms with Crippen LogP contribution >= 0.6 is 28.5 Å². The van der Waals surface area contributed by atoms with E-state index < -0.39 is 0 Å². The monoisotopic (exact) mass is 427 g/mol. The summed E-state index contributed by atoms with van der Waals surface area (Å²) in [6, 6.07) is 12.1. The molecule has 0 N–H and O–H groups in total. The summed E-state index contributed by atoms with van der Waals surface area (Å²) in [4.78, 5) is 8.64. The van der Waals surface area contributed by atoms with Gasteiger partial charge in [0.2, 0.25) is 0 Å². The van der Waals surface area contributed by atoms with Gasteiger partial charge in [-0.25, -0.2) is 0 Å². The molecule has 0 spiro atoms. The standard InChI is InChI=1S/C14H15N2.2BrH.Ni/c1-11(2)13-7-3-4-8-14(13)16-10-12-6-5-9-15-12;;;/h3-11H,1-2H3;2*1H;/q-1;;;+3/p-2. The van der Waals surface area contributed by atoms with Crippen LogP contribution in [-0.2, 0) is 10.9 Å². The van der Waals surface area contributed by atoms with Crippen LogP contribution in [0, 0.1) is 0 Å². The molecule has 0 saturated heterocycles. The van der Waals surface area contributed by atoms with E-state index in [0.717, 1.165) is 11.4 Å². The molecule has 0 bridgehead atoms. The van der Waals surface area contributed by atoms with Crippen LogP contribution in [0.3, 0.4) is 0 Å². The first-order chi connectivity index (χ1) is 9.19. The number of hydrogen-bond acceptors (Lipinski definition) is 1. The van der Waals surface area contributed by atoms with Crippen LogP contribution in [0.5, 0.6) is 0 Å². The summed E-state index contributed by atoms with van der Waals surface area (Å²) in [5.41, 5.74) is 3.20. The molecule has 0 amide bonds. The van der Waals surface area contributed by atoms with Gasteiger partial charge in [-0.3, -0.25) is 4.99 Å². The van der Waals surface area contributed by atoms with Gasteiger partial charge in [0, 0.05) is 6.21 Å². The van der Waals surface area contributed by atoms with Crippen LogP contribution < -0.4 is 4.98 Å². The molecule has 0 radical (unpaired) electrons. The van der Waals surface area contributed by atoms with E-state index in [-0.39, 0.29) is 0 Å². The summed E-state index contributed by atoms with van der Waals surface area (Å²) in [5.74, 6) is 0.487. The Hall–Kier alpha value is -0.376. The van der Waals surface area contributed by atoms with Gasteiger partial charge >= 0.3 is 39.3 Å². The Kier molecular flexibility index (Phi) is 8.35. The number of nitrogens with zero attached hydrogens (tertiary/aromatic N) is 2. The molecule has 0 fully saturated rings. The number of rotatable bonds is 3. The molecule has 1 aromatic heterocycles. The molecular weight excluding hydrogens is 415 g/mol. The first-order valence-electron chi connectivity index (χ1n) is 5.72. The Morgan fingerprint density at radius 3 is 2.42 bits per heavy atom. The van der Waals surface area contributed by atoms with E-state index in [1.165, 1.54) is 16.5 Å². The third-order valence-electron chi connectivity index (χ3n) is 2.47. The molecule has 0 unspecified atom stereocenters. The number of aliphatic imine (C=N–C) groups is 1. The third-order valence-corrected chi connectivity index (χ3v) is 2.47. The van der Waals surface area contributed by atoms with Crippen LogP contribution in [0.2, 0.25) is 0 Å². The Bertz CT molecular complexity index is 496. The van der Waals surface area contributed by atoms with Gasteiger partial charge < -0.3 is 4.98 Å². The van der Waals surface area contributed by atoms with Gasteiger partial charge in [0.1, 0.15) is 0 Å². The zero-order chi connectivity index (χ0) is 14.1. The van der Waals surface area contributed by atoms with Gasteiger partial charge in [-0.15, -0.1) is 5.69 Å². The van der Waals surface area contributed by atoms with Crippen molar-refractivity contribution >= 4 is 40.4 Å². The van der Waals surface area contributed by atoms with E-state index >= 15 is 0 Å². The number of aromatic nitrogens is 1. The SMILES string of the molecule is CC(C)c1ccccc1N=Cc1ccc[n-]1.[Br][Ni+][Br]. The fraction of sp³-hybridized carbons (Fsp3) is 0.214. The van der Waals surface area contributed by atoms with Gasteiger partial charge in [-0.2, -0.15) is 6.20 Å². The summed E-state index contributed by atoms with van der Waals surface area (Å²) in [7, 11) is 1.25. The first-order valence-corrected chi connectivity index (χ1v) is 10.6. The van der Waals surface area contributed by atoms with E-state index in [9.17, 15) is 0 Å². The molecule has 0 atom stereocenters. The Morgan fingerprint density at radius 1 is 1.16 bits per heavy atom. The normalized spacial score (nSPS) is 10.8. The van der Waals surface area contributed by atoms with Crippen molar-refractivity contribution in [1.82, 2.24) is 4.98 Å². The average molecular weight is 430 g/mol. The van der Waals surface area contributed by atoms with Crippen molar-refractivity contribution in [2.75, 3.05) is 0 Å². The van der Waals surface area contributed by atoms with Gasteiger partial charge in [-0.1, -0.05) is 44.2 Å². The number of hydrogen-bond donors (Lipinski definition) is 0. The summed E-state index contributed by atoms with van der Waals surface area (Å²) >= 11 is 6.00. The van der Waals surface area contributed by atoms with Gasteiger partial charge in [0.15, 0.2) is 0 Å². The van der Waals surface area contributed by atoms with Crippen molar-refractivity contribution in [1.29, 1.82) is 0 Å². The van der Waals surface area contributed by atoms with Gasteiger partial charge in [0.05, 0.1) is 5.69 Å². The van der Waals surface area contributed by atoms with Crippen LogP contribution in [0.1, 0.15) is 31.0 Å². The zero-order valence-electron chi connectivity index (χ0n) is 10.7. The molecule has 5 heteroatoms. The summed E-state index contributed by atoms with van der Waals surface area (Å²) < 4.78 is 0. The van der Waals surface area contributed by atoms with Crippen molar-refractivity contribution in [3.8, 4) is 0 Å². The summed E-state index contributed by atoms with van der Waals surface area (Å²) in [6.45, 7) is 4.35. The topological polar surface area (TPSA) is 26.5 Å². The predicted octanol–water partition coefficient (Wildman–Crippen LogP) is 5.21. The third kappa shape index (κ3) is 6.07. The molecule has 1 heterocycles. The minimum atomic E-state index is 0.487. The Morgan fingerprint density at radius 2 is 1.84 bits per heavy atom. The number of para-hydroxylation sites is 1. The molecular formula is C14H15Br2N2Ni. The van der Waals surface area contributed by atoms with Crippen LogP contribution in [0.15, 0.2) is 47.6 Å². The summed E-state index contributed by atoms with van der Waals surface area (Å²) in [6.07, 6.45) is 3.58. The molecule has 0 aliphatic rings. The fourth-order valence-electron chi connectivity index (χ4n) is 1.62. The molecule has 19 heavy (non-hydrogen) atoms. The molecule has 0 aliphatic carbocycles. The number of benzene rings is 1. The fourth-order valence-corrected chi connectivity index (χ4v) is 1.62. The molecule has 0 saturated carbocycles. The average Bonchev–Trinajstić information content (AvgIpc) is 2.90. The van der Waals surface area contributed by atoms with Crippen molar-refractivity contribution in [3.05, 3.63) is 53.9 Å². The number of halogens is 2. The Labute approximate surface area is 134 Å². The first kappa shape index (κ1) is 16.7.